The van der Waals surface area contributed by atoms with E-state index in [4.69, 9.17) is 5.26 Å². The Bertz CT molecular complexity index is 509. The summed E-state index contributed by atoms with van der Waals surface area (Å²) in [7, 11) is 0. The zero-order valence-electron chi connectivity index (χ0n) is 8.55. The molecule has 0 aliphatic heterocycles. The molecule has 0 heterocycles. The van der Waals surface area contributed by atoms with E-state index in [0.29, 0.717) is 6.07 Å². The van der Waals surface area contributed by atoms with Gasteiger partial charge >= 0.3 is 18.3 Å². The largest absolute Gasteiger partial charge is 0.383 e. The normalized spacial score (nSPS) is 11.2. The Morgan fingerprint density at radius 2 is 2.00 bits per heavy atom. The minimum Gasteiger partial charge on any atom is -0.319 e. The van der Waals surface area contributed by atoms with Crippen LogP contribution < -0.4 is 5.32 Å². The van der Waals surface area contributed by atoms with Crippen molar-refractivity contribution in [1.82, 2.24) is 0 Å². The molecule has 3 nitrogen and oxygen atoms in total. The molecule has 1 amide bonds. The average molecular weight is 264 g/mol. The molecular formula is C10H5F5N2O. The third kappa shape index (κ3) is 2.74. The molecule has 1 rings (SSSR count). The predicted octanol–water partition coefficient (Wildman–Crippen LogP) is 2.54. The van der Waals surface area contributed by atoms with Gasteiger partial charge in [-0.15, -0.1) is 0 Å². The molecule has 0 aliphatic carbocycles. The van der Waals surface area contributed by atoms with Gasteiger partial charge in [0.25, 0.3) is 0 Å². The molecule has 0 aliphatic rings. The van der Waals surface area contributed by atoms with Crippen LogP contribution in [0.2, 0.25) is 0 Å². The van der Waals surface area contributed by atoms with Gasteiger partial charge in [-0.2, -0.15) is 14.0 Å². The number of hydrogen-bond acceptors (Lipinski definition) is 2. The molecule has 0 atom stereocenters. The van der Waals surface area contributed by atoms with Gasteiger partial charge in [-0.25, -0.2) is 13.2 Å². The fraction of sp³-hybridized carbons (Fsp3) is 0.200. The molecule has 0 spiro atoms. The highest BCUT2D eigenvalue weighted by atomic mass is 19.3. The van der Waals surface area contributed by atoms with Crippen molar-refractivity contribution in [3.8, 4) is 6.07 Å². The van der Waals surface area contributed by atoms with Gasteiger partial charge < -0.3 is 5.32 Å². The summed E-state index contributed by atoms with van der Waals surface area (Å²) >= 11 is 0. The number of rotatable bonds is 3. The second-order valence-electron chi connectivity index (χ2n) is 3.18. The SMILES string of the molecule is N#Cc1cc(F)ccc1NC(=O)C(F)(F)C(F)F. The summed E-state index contributed by atoms with van der Waals surface area (Å²) in [6, 6.07) is 3.73. The molecule has 8 heteroatoms. The molecule has 96 valence electrons. The van der Waals surface area contributed by atoms with E-state index in [9.17, 15) is 26.7 Å². The summed E-state index contributed by atoms with van der Waals surface area (Å²) in [6.07, 6.45) is -4.18. The number of alkyl halides is 4. The fourth-order valence-corrected chi connectivity index (χ4v) is 1.02. The molecule has 0 saturated heterocycles. The van der Waals surface area contributed by atoms with Gasteiger partial charge in [0.05, 0.1) is 11.3 Å². The van der Waals surface area contributed by atoms with Crippen LogP contribution in [0.5, 0.6) is 0 Å². The Morgan fingerprint density at radius 1 is 1.39 bits per heavy atom. The van der Waals surface area contributed by atoms with Gasteiger partial charge in [-0.05, 0) is 18.2 Å². The molecule has 0 fully saturated rings. The first-order chi connectivity index (χ1) is 8.28. The van der Waals surface area contributed by atoms with Crippen LogP contribution in [0.4, 0.5) is 27.6 Å². The lowest BCUT2D eigenvalue weighted by Gasteiger charge is -2.15. The number of hydrogen-bond donors (Lipinski definition) is 1. The lowest BCUT2D eigenvalue weighted by atomic mass is 10.2. The van der Waals surface area contributed by atoms with Gasteiger partial charge in [0.1, 0.15) is 11.9 Å². The Labute approximate surface area is 97.8 Å². The standard InChI is InChI=1S/C10H5F5N2O/c11-6-1-2-7(5(3-6)4-16)17-9(18)10(14,15)8(12)13/h1-3,8H,(H,17,18). The first-order valence-corrected chi connectivity index (χ1v) is 4.46. The van der Waals surface area contributed by atoms with Crippen LogP contribution in [-0.4, -0.2) is 18.3 Å². The van der Waals surface area contributed by atoms with Gasteiger partial charge in [-0.1, -0.05) is 0 Å². The third-order valence-electron chi connectivity index (χ3n) is 1.93. The topological polar surface area (TPSA) is 52.9 Å². The van der Waals surface area contributed by atoms with Crippen LogP contribution >= 0.6 is 0 Å². The highest BCUT2D eigenvalue weighted by Crippen LogP contribution is 2.25. The number of anilines is 1. The van der Waals surface area contributed by atoms with Crippen LogP contribution in [-0.2, 0) is 4.79 Å². The zero-order valence-corrected chi connectivity index (χ0v) is 8.55. The van der Waals surface area contributed by atoms with E-state index in [2.05, 4.69) is 0 Å². The van der Waals surface area contributed by atoms with E-state index >= 15 is 0 Å². The van der Waals surface area contributed by atoms with Crippen molar-refractivity contribution in [3.05, 3.63) is 29.6 Å². The van der Waals surface area contributed by atoms with Crippen molar-refractivity contribution < 1.29 is 26.7 Å². The van der Waals surface area contributed by atoms with Crippen molar-refractivity contribution in [2.24, 2.45) is 0 Å². The number of nitrogens with one attached hydrogen (secondary N) is 1. The Kier molecular flexibility index (Phi) is 3.86. The van der Waals surface area contributed by atoms with E-state index in [1.54, 1.807) is 0 Å². The second kappa shape index (κ2) is 5.00. The highest BCUT2D eigenvalue weighted by molar-refractivity contribution is 5.97. The lowest BCUT2D eigenvalue weighted by Crippen LogP contribution is -2.41. The third-order valence-corrected chi connectivity index (χ3v) is 1.93. The number of benzene rings is 1. The maximum atomic E-state index is 12.7. The molecule has 1 aromatic carbocycles. The van der Waals surface area contributed by atoms with Crippen LogP contribution in [0.25, 0.3) is 0 Å². The van der Waals surface area contributed by atoms with E-state index in [1.165, 1.54) is 11.4 Å². The maximum absolute atomic E-state index is 12.7. The van der Waals surface area contributed by atoms with E-state index in [0.717, 1.165) is 12.1 Å². The van der Waals surface area contributed by atoms with Crippen LogP contribution in [0.3, 0.4) is 0 Å². The summed E-state index contributed by atoms with van der Waals surface area (Å²) < 4.78 is 61.7. The van der Waals surface area contributed by atoms with E-state index < -0.39 is 35.3 Å². The molecule has 0 bridgehead atoms. The number of nitrogens with zero attached hydrogens (tertiary/aromatic N) is 1. The molecule has 0 unspecified atom stereocenters. The number of halogens is 5. The summed E-state index contributed by atoms with van der Waals surface area (Å²) in [5, 5.41) is 10.0. The number of carbonyl (C=O) groups is 1. The monoisotopic (exact) mass is 264 g/mol. The molecule has 1 aromatic rings. The average Bonchev–Trinajstić information content (AvgIpc) is 2.30. The Balaban J connectivity index is 3.00. The van der Waals surface area contributed by atoms with Gasteiger partial charge in [0.2, 0.25) is 0 Å². The van der Waals surface area contributed by atoms with Crippen molar-refractivity contribution in [1.29, 1.82) is 5.26 Å². The minimum absolute atomic E-state index is 0.451. The number of amides is 1. The van der Waals surface area contributed by atoms with Crippen LogP contribution in [0.15, 0.2) is 18.2 Å². The molecule has 1 N–H and O–H groups in total. The summed E-state index contributed by atoms with van der Waals surface area (Å²) in [5.41, 5.74) is -0.919. The van der Waals surface area contributed by atoms with Crippen molar-refractivity contribution >= 4 is 11.6 Å². The maximum Gasteiger partial charge on any atom is 0.383 e. The smallest absolute Gasteiger partial charge is 0.319 e. The van der Waals surface area contributed by atoms with Gasteiger partial charge in [0.15, 0.2) is 0 Å². The van der Waals surface area contributed by atoms with E-state index in [1.807, 2.05) is 0 Å². The summed E-state index contributed by atoms with van der Waals surface area (Å²) in [4.78, 5) is 10.9. The zero-order chi connectivity index (χ0) is 13.9. The van der Waals surface area contributed by atoms with E-state index in [-0.39, 0.29) is 0 Å². The molecule has 0 aromatic heterocycles. The van der Waals surface area contributed by atoms with Crippen molar-refractivity contribution in [2.45, 2.75) is 12.3 Å². The van der Waals surface area contributed by atoms with Crippen molar-refractivity contribution in [3.63, 3.8) is 0 Å². The molecule has 18 heavy (non-hydrogen) atoms. The molecular weight excluding hydrogens is 259 g/mol. The predicted molar refractivity (Wildman–Crippen MR) is 50.7 cm³/mol. The van der Waals surface area contributed by atoms with Crippen LogP contribution in [0, 0.1) is 17.1 Å². The number of nitriles is 1. The fourth-order valence-electron chi connectivity index (χ4n) is 1.02. The Morgan fingerprint density at radius 3 is 2.50 bits per heavy atom. The Hall–Kier alpha value is -2.17. The summed E-state index contributed by atoms with van der Waals surface area (Å²) in [5.74, 6) is -7.98. The molecule has 0 radical (unpaired) electrons. The quantitative estimate of drug-likeness (QED) is 0.853. The first-order valence-electron chi connectivity index (χ1n) is 4.46. The highest BCUT2D eigenvalue weighted by Gasteiger charge is 2.49. The van der Waals surface area contributed by atoms with Gasteiger partial charge in [0, 0.05) is 0 Å². The molecule has 0 saturated carbocycles. The summed E-state index contributed by atoms with van der Waals surface area (Å²) in [6.45, 7) is 0. The van der Waals surface area contributed by atoms with Crippen LogP contribution in [0.1, 0.15) is 5.56 Å². The van der Waals surface area contributed by atoms with Crippen molar-refractivity contribution in [2.75, 3.05) is 5.32 Å². The lowest BCUT2D eigenvalue weighted by molar-refractivity contribution is -0.163. The second-order valence-corrected chi connectivity index (χ2v) is 3.18. The van der Waals surface area contributed by atoms with Gasteiger partial charge in [-0.3, -0.25) is 4.79 Å². The minimum atomic E-state index is -4.89. The first kappa shape index (κ1) is 13.9. The number of carbonyl (C=O) groups excluding carboxylic acids is 1.